The van der Waals surface area contributed by atoms with Gasteiger partial charge in [-0.1, -0.05) is 12.1 Å². The van der Waals surface area contributed by atoms with Gasteiger partial charge in [-0.15, -0.1) is 0 Å². The molecule has 0 aromatic heterocycles. The lowest BCUT2D eigenvalue weighted by Gasteiger charge is -2.34. The molecule has 8 heteroatoms. The van der Waals surface area contributed by atoms with Crippen LogP contribution >= 0.6 is 11.8 Å². The first-order valence-electron chi connectivity index (χ1n) is 6.26. The van der Waals surface area contributed by atoms with E-state index < -0.39 is 17.5 Å². The van der Waals surface area contributed by atoms with Crippen molar-refractivity contribution in [3.8, 4) is 0 Å². The first-order chi connectivity index (χ1) is 9.92. The molecule has 116 valence electrons. The molecule has 0 radical (unpaired) electrons. The summed E-state index contributed by atoms with van der Waals surface area (Å²) < 4.78 is 42.8. The summed E-state index contributed by atoms with van der Waals surface area (Å²) in [5.74, 6) is -0.523. The number of aliphatic hydroxyl groups is 1. The van der Waals surface area contributed by atoms with Gasteiger partial charge in [0.15, 0.2) is 0 Å². The summed E-state index contributed by atoms with van der Waals surface area (Å²) in [5.41, 5.74) is -4.47. The number of rotatable bonds is 3. The molecule has 1 aromatic carbocycles. The zero-order chi connectivity index (χ0) is 15.5. The van der Waals surface area contributed by atoms with Gasteiger partial charge in [-0.3, -0.25) is 4.79 Å². The molecule has 4 nitrogen and oxygen atoms in total. The topological polar surface area (TPSA) is 49.8 Å². The van der Waals surface area contributed by atoms with Crippen molar-refractivity contribution in [2.24, 2.45) is 0 Å². The predicted octanol–water partition coefficient (Wildman–Crippen LogP) is 2.13. The molecule has 1 atom stereocenters. The maximum Gasteiger partial charge on any atom is 0.446 e. The molecule has 1 aliphatic heterocycles. The normalized spacial score (nSPS) is 19.6. The molecular formula is C13H14F3NO3S. The van der Waals surface area contributed by atoms with Gasteiger partial charge in [0.25, 0.3) is 5.91 Å². The Bertz CT molecular complexity index is 510. The Morgan fingerprint density at radius 3 is 2.81 bits per heavy atom. The van der Waals surface area contributed by atoms with Gasteiger partial charge in [-0.05, 0) is 23.9 Å². The van der Waals surface area contributed by atoms with E-state index >= 15 is 0 Å². The molecule has 1 unspecified atom stereocenters. The minimum Gasteiger partial charge on any atom is -0.394 e. The summed E-state index contributed by atoms with van der Waals surface area (Å²) in [4.78, 5) is 13.7. The Hall–Kier alpha value is -1.25. The largest absolute Gasteiger partial charge is 0.446 e. The summed E-state index contributed by atoms with van der Waals surface area (Å²) in [6.07, 6.45) is 0. The average Bonchev–Trinajstić information content (AvgIpc) is 2.45. The van der Waals surface area contributed by atoms with E-state index in [0.29, 0.717) is 6.61 Å². The second-order valence-corrected chi connectivity index (χ2v) is 5.56. The highest BCUT2D eigenvalue weighted by Gasteiger charge is 2.33. The zero-order valence-electron chi connectivity index (χ0n) is 11.0. The molecule has 1 aromatic rings. The number of amides is 1. The summed E-state index contributed by atoms with van der Waals surface area (Å²) in [6, 6.07) is 5.06. The molecule has 0 aliphatic carbocycles. The predicted molar refractivity (Wildman–Crippen MR) is 71.1 cm³/mol. The average molecular weight is 321 g/mol. The number of carbonyl (C=O) groups is 1. The van der Waals surface area contributed by atoms with E-state index in [1.54, 1.807) is 0 Å². The molecule has 1 aliphatic rings. The van der Waals surface area contributed by atoms with Gasteiger partial charge >= 0.3 is 5.51 Å². The minimum absolute atomic E-state index is 0.0137. The van der Waals surface area contributed by atoms with Crippen LogP contribution in [0.3, 0.4) is 0 Å². The van der Waals surface area contributed by atoms with Crippen LogP contribution in [0.5, 0.6) is 0 Å². The fourth-order valence-corrected chi connectivity index (χ4v) is 2.75. The summed E-state index contributed by atoms with van der Waals surface area (Å²) >= 11 is -0.313. The van der Waals surface area contributed by atoms with Crippen LogP contribution in [-0.2, 0) is 4.74 Å². The molecule has 1 amide bonds. The van der Waals surface area contributed by atoms with Crippen molar-refractivity contribution in [2.45, 2.75) is 16.4 Å². The Kier molecular flexibility index (Phi) is 5.13. The highest BCUT2D eigenvalue weighted by molar-refractivity contribution is 8.00. The number of nitrogens with zero attached hydrogens (tertiary/aromatic N) is 1. The van der Waals surface area contributed by atoms with Crippen LogP contribution in [0.4, 0.5) is 13.2 Å². The van der Waals surface area contributed by atoms with Crippen molar-refractivity contribution in [3.05, 3.63) is 29.8 Å². The number of ether oxygens (including phenoxy) is 1. The summed E-state index contributed by atoms with van der Waals surface area (Å²) in [5, 5.41) is 9.25. The Morgan fingerprint density at radius 1 is 1.43 bits per heavy atom. The second kappa shape index (κ2) is 6.67. The second-order valence-electron chi connectivity index (χ2n) is 4.45. The molecule has 1 saturated heterocycles. The van der Waals surface area contributed by atoms with E-state index in [4.69, 9.17) is 4.74 Å². The Balaban J connectivity index is 2.26. The van der Waals surface area contributed by atoms with Crippen LogP contribution in [0.15, 0.2) is 29.2 Å². The van der Waals surface area contributed by atoms with Gasteiger partial charge in [0.05, 0.1) is 31.4 Å². The third kappa shape index (κ3) is 4.12. The van der Waals surface area contributed by atoms with Gasteiger partial charge in [0.2, 0.25) is 0 Å². The highest BCUT2D eigenvalue weighted by Crippen LogP contribution is 2.38. The van der Waals surface area contributed by atoms with E-state index in [-0.39, 0.29) is 42.0 Å². The van der Waals surface area contributed by atoms with Crippen molar-refractivity contribution in [1.29, 1.82) is 0 Å². The molecule has 0 bridgehead atoms. The molecule has 0 saturated carbocycles. The Labute approximate surface area is 123 Å². The zero-order valence-corrected chi connectivity index (χ0v) is 11.8. The molecule has 1 N–H and O–H groups in total. The van der Waals surface area contributed by atoms with Crippen LogP contribution in [0.1, 0.15) is 10.4 Å². The van der Waals surface area contributed by atoms with Gasteiger partial charge < -0.3 is 14.7 Å². The number of alkyl halides is 3. The monoisotopic (exact) mass is 321 g/mol. The number of benzene rings is 1. The van der Waals surface area contributed by atoms with Crippen LogP contribution < -0.4 is 0 Å². The highest BCUT2D eigenvalue weighted by atomic mass is 32.2. The quantitative estimate of drug-likeness (QED) is 0.867. The summed E-state index contributed by atoms with van der Waals surface area (Å²) in [6.45, 7) is 0.434. The molecular weight excluding hydrogens is 307 g/mol. The number of aliphatic hydroxyl groups excluding tert-OH is 1. The number of hydrogen-bond donors (Lipinski definition) is 1. The van der Waals surface area contributed by atoms with Gasteiger partial charge in [-0.2, -0.15) is 13.2 Å². The third-order valence-electron chi connectivity index (χ3n) is 3.04. The number of halogens is 3. The fourth-order valence-electron chi connectivity index (χ4n) is 2.09. The van der Waals surface area contributed by atoms with Crippen LogP contribution in [0.25, 0.3) is 0 Å². The van der Waals surface area contributed by atoms with Crippen molar-refractivity contribution in [3.63, 3.8) is 0 Å². The van der Waals surface area contributed by atoms with Crippen molar-refractivity contribution in [1.82, 2.24) is 4.90 Å². The van der Waals surface area contributed by atoms with Crippen molar-refractivity contribution in [2.75, 3.05) is 26.4 Å². The fraction of sp³-hybridized carbons (Fsp3) is 0.462. The van der Waals surface area contributed by atoms with E-state index in [9.17, 15) is 23.1 Å². The van der Waals surface area contributed by atoms with E-state index in [1.165, 1.54) is 29.2 Å². The van der Waals surface area contributed by atoms with Gasteiger partial charge in [-0.25, -0.2) is 0 Å². The number of morpholine rings is 1. The van der Waals surface area contributed by atoms with E-state index in [0.717, 1.165) is 0 Å². The lowest BCUT2D eigenvalue weighted by molar-refractivity contribution is -0.0328. The number of carbonyl (C=O) groups excluding carboxylic acids is 1. The minimum atomic E-state index is -4.46. The number of thioether (sulfide) groups is 1. The first-order valence-corrected chi connectivity index (χ1v) is 7.08. The van der Waals surface area contributed by atoms with Crippen LogP contribution in [0.2, 0.25) is 0 Å². The molecule has 0 spiro atoms. The summed E-state index contributed by atoms with van der Waals surface area (Å²) in [7, 11) is 0. The first kappa shape index (κ1) is 16.1. The molecule has 2 rings (SSSR count). The standard InChI is InChI=1S/C13H14F3NO3S/c14-13(15,16)21-11-4-2-1-3-10(11)12(19)17-5-6-20-8-9(17)7-18/h1-4,9,18H,5-8H2. The maximum absolute atomic E-state index is 12.5. The lowest BCUT2D eigenvalue weighted by Crippen LogP contribution is -2.50. The van der Waals surface area contributed by atoms with Gasteiger partial charge in [0, 0.05) is 11.4 Å². The lowest BCUT2D eigenvalue weighted by atomic mass is 10.1. The van der Waals surface area contributed by atoms with Crippen LogP contribution in [0, 0.1) is 0 Å². The number of hydrogen-bond acceptors (Lipinski definition) is 4. The van der Waals surface area contributed by atoms with Crippen LogP contribution in [-0.4, -0.2) is 53.8 Å². The maximum atomic E-state index is 12.5. The van der Waals surface area contributed by atoms with E-state index in [2.05, 4.69) is 0 Å². The Morgan fingerprint density at radius 2 is 2.14 bits per heavy atom. The molecule has 1 heterocycles. The third-order valence-corrected chi connectivity index (χ3v) is 3.85. The molecule has 21 heavy (non-hydrogen) atoms. The van der Waals surface area contributed by atoms with Crippen molar-refractivity contribution < 1.29 is 27.8 Å². The van der Waals surface area contributed by atoms with E-state index in [1.807, 2.05) is 0 Å². The smallest absolute Gasteiger partial charge is 0.394 e. The molecule has 1 fully saturated rings. The van der Waals surface area contributed by atoms with Crippen molar-refractivity contribution >= 4 is 17.7 Å². The van der Waals surface area contributed by atoms with Gasteiger partial charge in [0.1, 0.15) is 0 Å². The SMILES string of the molecule is O=C(c1ccccc1SC(F)(F)F)N1CCOCC1CO.